The molecule has 2 heteroatoms. The second kappa shape index (κ2) is 4.32. The third kappa shape index (κ3) is 1.44. The van der Waals surface area contributed by atoms with Gasteiger partial charge in [0, 0.05) is 21.5 Å². The van der Waals surface area contributed by atoms with E-state index in [4.69, 9.17) is 0 Å². The predicted octanol–water partition coefficient (Wildman–Crippen LogP) is 4.91. The van der Waals surface area contributed by atoms with Gasteiger partial charge in [-0.05, 0) is 31.2 Å². The molecule has 0 radical (unpaired) electrons. The van der Waals surface area contributed by atoms with Crippen molar-refractivity contribution in [2.45, 2.75) is 0 Å². The van der Waals surface area contributed by atoms with Crippen LogP contribution in [0.3, 0.4) is 0 Å². The molecule has 2 aromatic rings. The molecule has 0 amide bonds. The molecule has 0 aliphatic heterocycles. The van der Waals surface area contributed by atoms with Gasteiger partial charge >= 0.3 is 0 Å². The Hall–Kier alpha value is -0.540. The summed E-state index contributed by atoms with van der Waals surface area (Å²) in [6.45, 7) is 0. The van der Waals surface area contributed by atoms with Gasteiger partial charge < -0.3 is 0 Å². The number of hydrogen-bond acceptors (Lipinski definition) is 0. The van der Waals surface area contributed by atoms with Crippen LogP contribution in [0.2, 0.25) is 0 Å². The van der Waals surface area contributed by atoms with Gasteiger partial charge in [-0.1, -0.05) is 48.5 Å². The SMILES string of the molecule is ClI.c1ccc2c(c1)-c1ccccc1-2. The molecule has 0 fully saturated rings. The Morgan fingerprint density at radius 1 is 0.571 bits per heavy atom. The fourth-order valence-corrected chi connectivity index (χ4v) is 1.84. The smallest absolute Gasteiger partial charge is 0.0425 e. The van der Waals surface area contributed by atoms with Crippen molar-refractivity contribution in [2.24, 2.45) is 0 Å². The fraction of sp³-hybridized carbons (Fsp3) is 0. The lowest BCUT2D eigenvalue weighted by Gasteiger charge is -2.22. The van der Waals surface area contributed by atoms with Crippen LogP contribution in [0.1, 0.15) is 0 Å². The molecule has 2 aromatic carbocycles. The Morgan fingerprint density at radius 2 is 0.786 bits per heavy atom. The van der Waals surface area contributed by atoms with E-state index in [1.165, 1.54) is 22.3 Å². The topological polar surface area (TPSA) is 0 Å². The van der Waals surface area contributed by atoms with Gasteiger partial charge in [0.2, 0.25) is 0 Å². The molecule has 70 valence electrons. The largest absolute Gasteiger partial charge is 0.0616 e. The molecule has 0 saturated heterocycles. The van der Waals surface area contributed by atoms with Gasteiger partial charge in [-0.15, -0.1) is 0 Å². The minimum Gasteiger partial charge on any atom is -0.0616 e. The first-order valence-corrected chi connectivity index (χ1v) is 7.03. The monoisotopic (exact) mass is 314 g/mol. The second-order valence-electron chi connectivity index (χ2n) is 3.09. The molecule has 0 aromatic heterocycles. The van der Waals surface area contributed by atoms with E-state index in [0.29, 0.717) is 0 Å². The molecule has 0 saturated carbocycles. The molecule has 0 heterocycles. The maximum Gasteiger partial charge on any atom is 0.0425 e. The fourth-order valence-electron chi connectivity index (χ4n) is 1.84. The summed E-state index contributed by atoms with van der Waals surface area (Å²) in [5, 5.41) is 0. The van der Waals surface area contributed by atoms with Gasteiger partial charge in [-0.3, -0.25) is 0 Å². The zero-order valence-corrected chi connectivity index (χ0v) is 10.3. The number of halogens is 2. The van der Waals surface area contributed by atoms with E-state index < -0.39 is 0 Å². The van der Waals surface area contributed by atoms with Gasteiger partial charge in [0.1, 0.15) is 0 Å². The molecule has 0 nitrogen and oxygen atoms in total. The zero-order chi connectivity index (χ0) is 9.97. The maximum absolute atomic E-state index is 4.61. The maximum atomic E-state index is 4.61. The van der Waals surface area contributed by atoms with Gasteiger partial charge in [0.25, 0.3) is 0 Å². The highest BCUT2D eigenvalue weighted by atomic mass is 127. The normalized spacial score (nSPS) is 10.1. The average Bonchev–Trinajstić information content (AvgIpc) is 2.29. The van der Waals surface area contributed by atoms with E-state index in [1.807, 2.05) is 0 Å². The van der Waals surface area contributed by atoms with E-state index in [0.717, 1.165) is 0 Å². The van der Waals surface area contributed by atoms with Crippen molar-refractivity contribution in [3.63, 3.8) is 0 Å². The standard InChI is InChI=1S/C12H8.ClI/c1-2-6-10-9(5-1)11-7-3-4-8-12(10)11;1-2/h1-8H;. The van der Waals surface area contributed by atoms with E-state index in [9.17, 15) is 0 Å². The van der Waals surface area contributed by atoms with Crippen LogP contribution in [0.15, 0.2) is 48.5 Å². The highest BCUT2D eigenvalue weighted by Crippen LogP contribution is 2.46. The van der Waals surface area contributed by atoms with Crippen LogP contribution in [0, 0.1) is 0 Å². The van der Waals surface area contributed by atoms with E-state index in [2.05, 4.69) is 57.4 Å². The van der Waals surface area contributed by atoms with Crippen molar-refractivity contribution in [2.75, 3.05) is 0 Å². The van der Waals surface area contributed by atoms with Crippen molar-refractivity contribution in [1.29, 1.82) is 0 Å². The average molecular weight is 315 g/mol. The van der Waals surface area contributed by atoms with Gasteiger partial charge in [-0.25, -0.2) is 0 Å². The summed E-state index contributed by atoms with van der Waals surface area (Å²) in [5.41, 5.74) is 5.59. The van der Waals surface area contributed by atoms with Crippen molar-refractivity contribution in [3.05, 3.63) is 48.5 Å². The number of hydrogen-bond donors (Lipinski definition) is 0. The first-order chi connectivity index (χ1) is 6.97. The van der Waals surface area contributed by atoms with Crippen LogP contribution in [-0.4, -0.2) is 0 Å². The van der Waals surface area contributed by atoms with Crippen molar-refractivity contribution < 1.29 is 0 Å². The van der Waals surface area contributed by atoms with Crippen LogP contribution in [0.25, 0.3) is 22.3 Å². The van der Waals surface area contributed by atoms with E-state index >= 15 is 0 Å². The Labute approximate surface area is 101 Å². The molecule has 0 N–H and O–H groups in total. The summed E-state index contributed by atoms with van der Waals surface area (Å²) >= 11 is 1.62. The summed E-state index contributed by atoms with van der Waals surface area (Å²) in [5.74, 6) is 0. The molecule has 1 aliphatic carbocycles. The van der Waals surface area contributed by atoms with E-state index in [-0.39, 0.29) is 0 Å². The first-order valence-electron chi connectivity index (χ1n) is 4.30. The molecule has 0 spiro atoms. The summed E-state index contributed by atoms with van der Waals surface area (Å²) < 4.78 is 0. The Balaban J connectivity index is 0.000000354. The van der Waals surface area contributed by atoms with Crippen molar-refractivity contribution in [3.8, 4) is 22.3 Å². The number of fused-ring (bicyclic) bond motifs is 4. The minimum atomic E-state index is 1.40. The van der Waals surface area contributed by atoms with Crippen LogP contribution in [-0.2, 0) is 0 Å². The predicted molar refractivity (Wildman–Crippen MR) is 70.7 cm³/mol. The van der Waals surface area contributed by atoms with Gasteiger partial charge in [-0.2, -0.15) is 0 Å². The minimum absolute atomic E-state index is 1.40. The van der Waals surface area contributed by atoms with Gasteiger partial charge in [0.05, 0.1) is 0 Å². The lowest BCUT2D eigenvalue weighted by atomic mass is 9.81. The van der Waals surface area contributed by atoms with Gasteiger partial charge in [0.15, 0.2) is 0 Å². The molecular formula is C12H8ClI. The lowest BCUT2D eigenvalue weighted by molar-refractivity contribution is 1.52. The summed E-state index contributed by atoms with van der Waals surface area (Å²) in [6.07, 6.45) is 0. The lowest BCUT2D eigenvalue weighted by Crippen LogP contribution is -1.96. The molecule has 14 heavy (non-hydrogen) atoms. The Bertz CT molecular complexity index is 352. The summed E-state index contributed by atoms with van der Waals surface area (Å²) in [4.78, 5) is 0. The Morgan fingerprint density at radius 3 is 1.00 bits per heavy atom. The molecule has 0 atom stereocenters. The summed E-state index contributed by atoms with van der Waals surface area (Å²) in [7, 11) is 4.61. The molecule has 0 bridgehead atoms. The third-order valence-corrected chi connectivity index (χ3v) is 2.43. The van der Waals surface area contributed by atoms with Crippen LogP contribution < -0.4 is 0 Å². The van der Waals surface area contributed by atoms with Crippen LogP contribution in [0.5, 0.6) is 0 Å². The number of rotatable bonds is 0. The first kappa shape index (κ1) is 9.99. The molecule has 3 rings (SSSR count). The highest BCUT2D eigenvalue weighted by Gasteiger charge is 2.19. The highest BCUT2D eigenvalue weighted by molar-refractivity contribution is 14.1. The van der Waals surface area contributed by atoms with Crippen molar-refractivity contribution in [1.82, 2.24) is 0 Å². The van der Waals surface area contributed by atoms with Crippen molar-refractivity contribution >= 4 is 30.4 Å². The molecule has 1 aliphatic rings. The van der Waals surface area contributed by atoms with Crippen LogP contribution >= 0.6 is 30.4 Å². The molecular weight excluding hydrogens is 306 g/mol. The zero-order valence-electron chi connectivity index (χ0n) is 7.37. The quantitative estimate of drug-likeness (QED) is 0.517. The number of benzene rings is 2. The summed E-state index contributed by atoms with van der Waals surface area (Å²) in [6, 6.07) is 17.1. The van der Waals surface area contributed by atoms with Crippen LogP contribution in [0.4, 0.5) is 0 Å². The third-order valence-electron chi connectivity index (χ3n) is 2.43. The second-order valence-corrected chi connectivity index (χ2v) is 3.09. The Kier molecular flexibility index (Phi) is 3.08. The van der Waals surface area contributed by atoms with E-state index in [1.54, 1.807) is 21.5 Å². The molecule has 0 unspecified atom stereocenters.